The molecule has 3 heterocycles. The molecule has 0 aliphatic carbocycles. The van der Waals surface area contributed by atoms with Gasteiger partial charge in [0.1, 0.15) is 0 Å². The highest BCUT2D eigenvalue weighted by atomic mass is 16.5. The molecule has 2 N–H and O–H groups in total. The molecule has 1 fully saturated rings. The Hall–Kier alpha value is -0.870. The van der Waals surface area contributed by atoms with Gasteiger partial charge in [-0.1, -0.05) is 0 Å². The van der Waals surface area contributed by atoms with E-state index in [1.807, 2.05) is 6.33 Å². The first kappa shape index (κ1) is 10.3. The second-order valence-electron chi connectivity index (χ2n) is 5.08. The molecule has 1 aromatic rings. The molecule has 0 aromatic carbocycles. The van der Waals surface area contributed by atoms with Gasteiger partial charge in [-0.15, -0.1) is 0 Å². The Morgan fingerprint density at radius 2 is 2.56 bits per heavy atom. The van der Waals surface area contributed by atoms with Crippen molar-refractivity contribution in [2.24, 2.45) is 0 Å². The molecule has 4 heteroatoms. The van der Waals surface area contributed by atoms with Crippen LogP contribution in [-0.4, -0.2) is 29.2 Å². The number of nitrogens with one attached hydrogen (secondary N) is 2. The molecular formula is C12H19N3O. The number of rotatable bonds is 2. The molecule has 2 aliphatic heterocycles. The van der Waals surface area contributed by atoms with Crippen molar-refractivity contribution < 1.29 is 4.74 Å². The molecule has 88 valence electrons. The van der Waals surface area contributed by atoms with Crippen LogP contribution in [0.3, 0.4) is 0 Å². The molecule has 0 spiro atoms. The van der Waals surface area contributed by atoms with Crippen LogP contribution in [0.2, 0.25) is 0 Å². The van der Waals surface area contributed by atoms with Crippen molar-refractivity contribution in [3.63, 3.8) is 0 Å². The van der Waals surface area contributed by atoms with E-state index in [2.05, 4.69) is 22.2 Å². The Balaban J connectivity index is 1.82. The topological polar surface area (TPSA) is 49.9 Å². The summed E-state index contributed by atoms with van der Waals surface area (Å²) >= 11 is 0. The maximum atomic E-state index is 5.73. The third kappa shape index (κ3) is 1.66. The normalized spacial score (nSPS) is 33.9. The van der Waals surface area contributed by atoms with Gasteiger partial charge >= 0.3 is 0 Å². The smallest absolute Gasteiger partial charge is 0.0926 e. The predicted molar refractivity (Wildman–Crippen MR) is 61.2 cm³/mol. The van der Waals surface area contributed by atoms with E-state index in [0.29, 0.717) is 6.10 Å². The Kier molecular flexibility index (Phi) is 2.48. The van der Waals surface area contributed by atoms with Crippen LogP contribution < -0.4 is 5.32 Å². The zero-order valence-corrected chi connectivity index (χ0v) is 9.75. The fourth-order valence-electron chi connectivity index (χ4n) is 2.96. The predicted octanol–water partition coefficient (Wildman–Crippen LogP) is 1.34. The second-order valence-corrected chi connectivity index (χ2v) is 5.08. The number of fused-ring (bicyclic) bond motifs is 1. The first-order valence-electron chi connectivity index (χ1n) is 6.17. The number of nitrogens with zero attached hydrogens (tertiary/aromatic N) is 1. The minimum atomic E-state index is -0.0113. The molecule has 0 saturated carbocycles. The molecule has 2 atom stereocenters. The van der Waals surface area contributed by atoms with Gasteiger partial charge in [0.2, 0.25) is 0 Å². The number of aromatic amines is 1. The molecule has 3 rings (SSSR count). The van der Waals surface area contributed by atoms with E-state index in [1.54, 1.807) is 0 Å². The lowest BCUT2D eigenvalue weighted by Gasteiger charge is -2.35. The molecule has 2 unspecified atom stereocenters. The summed E-state index contributed by atoms with van der Waals surface area (Å²) in [6, 6.07) is 0. The fraction of sp³-hybridized carbons (Fsp3) is 0.750. The first-order valence-corrected chi connectivity index (χ1v) is 6.17. The van der Waals surface area contributed by atoms with Crippen molar-refractivity contribution in [3.05, 3.63) is 17.7 Å². The van der Waals surface area contributed by atoms with E-state index < -0.39 is 0 Å². The third-order valence-electron chi connectivity index (χ3n) is 3.79. The summed E-state index contributed by atoms with van der Waals surface area (Å²) in [5, 5.41) is 3.60. The number of H-pyrrole nitrogens is 1. The molecule has 0 amide bonds. The Morgan fingerprint density at radius 3 is 3.38 bits per heavy atom. The highest BCUT2D eigenvalue weighted by Crippen LogP contribution is 2.33. The molecular weight excluding hydrogens is 202 g/mol. The average Bonchev–Trinajstić information content (AvgIpc) is 2.88. The van der Waals surface area contributed by atoms with Crippen LogP contribution in [0.5, 0.6) is 0 Å². The monoisotopic (exact) mass is 221 g/mol. The fourth-order valence-corrected chi connectivity index (χ4v) is 2.96. The SMILES string of the molecule is CC1(CC2CCCO2)NCCc2[nH]cnc21. The number of imidazole rings is 1. The summed E-state index contributed by atoms with van der Waals surface area (Å²) in [6.07, 6.45) is 6.69. The number of hydrogen-bond donors (Lipinski definition) is 2. The van der Waals surface area contributed by atoms with Crippen molar-refractivity contribution in [3.8, 4) is 0 Å². The number of hydrogen-bond acceptors (Lipinski definition) is 3. The van der Waals surface area contributed by atoms with Gasteiger partial charge in [0.25, 0.3) is 0 Å². The minimum absolute atomic E-state index is 0.0113. The molecule has 0 radical (unpaired) electrons. The highest BCUT2D eigenvalue weighted by molar-refractivity contribution is 5.24. The lowest BCUT2D eigenvalue weighted by Crippen LogP contribution is -2.47. The van der Waals surface area contributed by atoms with Crippen molar-refractivity contribution in [1.29, 1.82) is 0 Å². The molecule has 1 aromatic heterocycles. The summed E-state index contributed by atoms with van der Waals surface area (Å²) in [5.41, 5.74) is 2.47. The molecule has 2 aliphatic rings. The zero-order valence-electron chi connectivity index (χ0n) is 9.75. The van der Waals surface area contributed by atoms with Crippen molar-refractivity contribution in [2.45, 2.75) is 44.2 Å². The van der Waals surface area contributed by atoms with E-state index >= 15 is 0 Å². The molecule has 4 nitrogen and oxygen atoms in total. The molecule has 1 saturated heterocycles. The molecule has 16 heavy (non-hydrogen) atoms. The van der Waals surface area contributed by atoms with Gasteiger partial charge in [-0.3, -0.25) is 0 Å². The van der Waals surface area contributed by atoms with E-state index in [0.717, 1.165) is 26.0 Å². The van der Waals surface area contributed by atoms with Gasteiger partial charge in [0, 0.05) is 25.3 Å². The number of aromatic nitrogens is 2. The first-order chi connectivity index (χ1) is 7.78. The summed E-state index contributed by atoms with van der Waals surface area (Å²) in [5.74, 6) is 0. The van der Waals surface area contributed by atoms with Crippen LogP contribution in [0.25, 0.3) is 0 Å². The summed E-state index contributed by atoms with van der Waals surface area (Å²) < 4.78 is 5.73. The van der Waals surface area contributed by atoms with Gasteiger partial charge in [0.05, 0.1) is 23.7 Å². The summed E-state index contributed by atoms with van der Waals surface area (Å²) in [7, 11) is 0. The van der Waals surface area contributed by atoms with E-state index in [1.165, 1.54) is 24.2 Å². The highest BCUT2D eigenvalue weighted by Gasteiger charge is 2.37. The van der Waals surface area contributed by atoms with E-state index in [-0.39, 0.29) is 5.54 Å². The maximum absolute atomic E-state index is 5.73. The van der Waals surface area contributed by atoms with E-state index in [9.17, 15) is 0 Å². The van der Waals surface area contributed by atoms with E-state index in [4.69, 9.17) is 4.74 Å². The maximum Gasteiger partial charge on any atom is 0.0926 e. The Bertz CT molecular complexity index is 370. The third-order valence-corrected chi connectivity index (χ3v) is 3.79. The standard InChI is InChI=1S/C12H19N3O/c1-12(7-9-3-2-6-16-9)11-10(4-5-15-12)13-8-14-11/h8-9,15H,2-7H2,1H3,(H,13,14). The van der Waals surface area contributed by atoms with Crippen molar-refractivity contribution in [2.75, 3.05) is 13.2 Å². The van der Waals surface area contributed by atoms with Gasteiger partial charge in [-0.25, -0.2) is 4.98 Å². The largest absolute Gasteiger partial charge is 0.378 e. The second kappa shape index (κ2) is 3.86. The number of ether oxygens (including phenoxy) is 1. The van der Waals surface area contributed by atoms with Gasteiger partial charge in [0.15, 0.2) is 0 Å². The van der Waals surface area contributed by atoms with Crippen molar-refractivity contribution in [1.82, 2.24) is 15.3 Å². The van der Waals surface area contributed by atoms with Crippen LogP contribution >= 0.6 is 0 Å². The van der Waals surface area contributed by atoms with Crippen LogP contribution in [0, 0.1) is 0 Å². The van der Waals surface area contributed by atoms with Crippen molar-refractivity contribution >= 4 is 0 Å². The van der Waals surface area contributed by atoms with Gasteiger partial charge < -0.3 is 15.0 Å². The van der Waals surface area contributed by atoms with Crippen LogP contribution in [0.4, 0.5) is 0 Å². The summed E-state index contributed by atoms with van der Waals surface area (Å²) in [4.78, 5) is 7.72. The quantitative estimate of drug-likeness (QED) is 0.792. The Morgan fingerprint density at radius 1 is 1.62 bits per heavy atom. The summed E-state index contributed by atoms with van der Waals surface area (Å²) in [6.45, 7) is 4.19. The minimum Gasteiger partial charge on any atom is -0.378 e. The Labute approximate surface area is 95.8 Å². The average molecular weight is 221 g/mol. The van der Waals surface area contributed by atoms with Crippen LogP contribution in [0.15, 0.2) is 6.33 Å². The van der Waals surface area contributed by atoms with Gasteiger partial charge in [-0.05, 0) is 26.2 Å². The van der Waals surface area contributed by atoms with Crippen LogP contribution in [0.1, 0.15) is 37.6 Å². The lowest BCUT2D eigenvalue weighted by molar-refractivity contribution is 0.0752. The lowest BCUT2D eigenvalue weighted by atomic mass is 9.85. The zero-order chi connectivity index (χ0) is 11.0. The van der Waals surface area contributed by atoms with Crippen LogP contribution in [-0.2, 0) is 16.7 Å². The van der Waals surface area contributed by atoms with Gasteiger partial charge in [-0.2, -0.15) is 0 Å². The molecule has 0 bridgehead atoms.